The van der Waals surface area contributed by atoms with E-state index in [1.54, 1.807) is 0 Å². The molecule has 0 aliphatic heterocycles. The highest BCUT2D eigenvalue weighted by Gasteiger charge is 2.05. The Hall–Kier alpha value is -1.60. The first-order valence-corrected chi connectivity index (χ1v) is 7.05. The van der Waals surface area contributed by atoms with Crippen LogP contribution in [0.15, 0.2) is 42.5 Å². The van der Waals surface area contributed by atoms with Gasteiger partial charge in [0.25, 0.3) is 0 Å². The van der Waals surface area contributed by atoms with Crippen LogP contribution in [0.5, 0.6) is 0 Å². The minimum Gasteiger partial charge on any atom is -0.326 e. The molecule has 2 rings (SSSR count). The number of hydrogen-bond acceptors (Lipinski definition) is 1. The van der Waals surface area contributed by atoms with Gasteiger partial charge in [0.2, 0.25) is 0 Å². The average molecular weight is 253 g/mol. The fraction of sp³-hybridized carbons (Fsp3) is 0.333. The zero-order chi connectivity index (χ0) is 13.8. The van der Waals surface area contributed by atoms with Crippen LogP contribution in [-0.2, 0) is 6.54 Å². The van der Waals surface area contributed by atoms with E-state index in [9.17, 15) is 0 Å². The Kier molecular flexibility index (Phi) is 4.39. The van der Waals surface area contributed by atoms with Crippen LogP contribution in [0.3, 0.4) is 0 Å². The lowest BCUT2D eigenvalue weighted by Gasteiger charge is -2.12. The van der Waals surface area contributed by atoms with Crippen molar-refractivity contribution >= 4 is 0 Å². The number of nitrogens with two attached hydrogens (primary N) is 1. The smallest absolute Gasteiger partial charge is 0.0178 e. The number of benzene rings is 2. The summed E-state index contributed by atoms with van der Waals surface area (Å²) in [5.41, 5.74) is 12.2. The summed E-state index contributed by atoms with van der Waals surface area (Å²) in [6.45, 7) is 7.26. The van der Waals surface area contributed by atoms with E-state index < -0.39 is 0 Å². The fourth-order valence-electron chi connectivity index (χ4n) is 2.40. The molecule has 2 aromatic carbocycles. The van der Waals surface area contributed by atoms with Crippen molar-refractivity contribution in [2.24, 2.45) is 5.73 Å². The van der Waals surface area contributed by atoms with Gasteiger partial charge in [0.1, 0.15) is 0 Å². The van der Waals surface area contributed by atoms with Gasteiger partial charge in [-0.25, -0.2) is 0 Å². The molecule has 1 nitrogen and oxygen atoms in total. The van der Waals surface area contributed by atoms with Crippen LogP contribution in [0.1, 0.15) is 42.9 Å². The largest absolute Gasteiger partial charge is 0.326 e. The van der Waals surface area contributed by atoms with Crippen molar-refractivity contribution in [3.63, 3.8) is 0 Å². The second-order valence-electron chi connectivity index (χ2n) is 5.28. The number of rotatable bonds is 4. The van der Waals surface area contributed by atoms with Crippen LogP contribution in [0.2, 0.25) is 0 Å². The molecule has 2 N–H and O–H groups in total. The summed E-state index contributed by atoms with van der Waals surface area (Å²) in [4.78, 5) is 0. The third kappa shape index (κ3) is 3.05. The Morgan fingerprint density at radius 2 is 1.74 bits per heavy atom. The summed E-state index contributed by atoms with van der Waals surface area (Å²) >= 11 is 0. The lowest BCUT2D eigenvalue weighted by Crippen LogP contribution is -1.97. The minimum absolute atomic E-state index is 0.605. The summed E-state index contributed by atoms with van der Waals surface area (Å²) in [6, 6.07) is 15.4. The van der Waals surface area contributed by atoms with E-state index in [1.165, 1.54) is 34.2 Å². The molecule has 0 aliphatic carbocycles. The van der Waals surface area contributed by atoms with Crippen molar-refractivity contribution in [3.05, 3.63) is 59.2 Å². The van der Waals surface area contributed by atoms with Crippen molar-refractivity contribution in [3.8, 4) is 11.1 Å². The van der Waals surface area contributed by atoms with Gasteiger partial charge in [-0.2, -0.15) is 0 Å². The molecule has 0 fully saturated rings. The van der Waals surface area contributed by atoms with Gasteiger partial charge in [-0.3, -0.25) is 0 Å². The van der Waals surface area contributed by atoms with Gasteiger partial charge in [-0.1, -0.05) is 56.3 Å². The zero-order valence-electron chi connectivity index (χ0n) is 12.1. The maximum Gasteiger partial charge on any atom is 0.0178 e. The molecule has 1 atom stereocenters. The molecule has 0 radical (unpaired) electrons. The monoisotopic (exact) mass is 253 g/mol. The van der Waals surface area contributed by atoms with Crippen LogP contribution < -0.4 is 5.73 Å². The van der Waals surface area contributed by atoms with Crippen LogP contribution in [0.25, 0.3) is 11.1 Å². The van der Waals surface area contributed by atoms with Gasteiger partial charge >= 0.3 is 0 Å². The van der Waals surface area contributed by atoms with Crippen LogP contribution in [-0.4, -0.2) is 0 Å². The van der Waals surface area contributed by atoms with E-state index in [1.807, 2.05) is 0 Å². The van der Waals surface area contributed by atoms with Gasteiger partial charge in [0, 0.05) is 6.54 Å². The SMILES string of the molecule is CCC(C)c1ccc(-c2ccc(CN)cc2C)cc1. The summed E-state index contributed by atoms with van der Waals surface area (Å²) in [5, 5.41) is 0. The molecule has 0 spiro atoms. The van der Waals surface area contributed by atoms with Gasteiger partial charge in [0.15, 0.2) is 0 Å². The first-order valence-electron chi connectivity index (χ1n) is 7.05. The van der Waals surface area contributed by atoms with Crippen LogP contribution in [0.4, 0.5) is 0 Å². The van der Waals surface area contributed by atoms with E-state index in [4.69, 9.17) is 5.73 Å². The van der Waals surface area contributed by atoms with Crippen LogP contribution >= 0.6 is 0 Å². The van der Waals surface area contributed by atoms with Gasteiger partial charge in [0.05, 0.1) is 0 Å². The molecule has 0 heterocycles. The molecule has 1 heteroatoms. The highest BCUT2D eigenvalue weighted by molar-refractivity contribution is 5.67. The average Bonchev–Trinajstić information content (AvgIpc) is 2.46. The van der Waals surface area contributed by atoms with Crippen molar-refractivity contribution in [1.29, 1.82) is 0 Å². The number of hydrogen-bond donors (Lipinski definition) is 1. The maximum absolute atomic E-state index is 5.68. The molecule has 0 aromatic heterocycles. The van der Waals surface area contributed by atoms with E-state index in [2.05, 4.69) is 63.2 Å². The maximum atomic E-state index is 5.68. The Labute approximate surface area is 116 Å². The van der Waals surface area contributed by atoms with Gasteiger partial charge < -0.3 is 5.73 Å². The molecule has 0 bridgehead atoms. The van der Waals surface area contributed by atoms with E-state index in [0.717, 1.165) is 0 Å². The first kappa shape index (κ1) is 13.8. The molecule has 1 unspecified atom stereocenters. The second kappa shape index (κ2) is 6.03. The van der Waals surface area contributed by atoms with E-state index in [-0.39, 0.29) is 0 Å². The molecule has 0 amide bonds. The molecule has 0 saturated carbocycles. The molecule has 19 heavy (non-hydrogen) atoms. The molecular formula is C18H23N. The molecule has 2 aromatic rings. The first-order chi connectivity index (χ1) is 9.15. The van der Waals surface area contributed by atoms with Crippen molar-refractivity contribution in [2.75, 3.05) is 0 Å². The minimum atomic E-state index is 0.605. The highest BCUT2D eigenvalue weighted by Crippen LogP contribution is 2.27. The van der Waals surface area contributed by atoms with Gasteiger partial charge in [-0.15, -0.1) is 0 Å². The quantitative estimate of drug-likeness (QED) is 0.844. The predicted octanol–water partition coefficient (Wildman–Crippen LogP) is 4.63. The highest BCUT2D eigenvalue weighted by atomic mass is 14.5. The summed E-state index contributed by atoms with van der Waals surface area (Å²) in [6.07, 6.45) is 1.18. The molecular weight excluding hydrogens is 230 g/mol. The van der Waals surface area contributed by atoms with E-state index in [0.29, 0.717) is 12.5 Å². The second-order valence-corrected chi connectivity index (χ2v) is 5.28. The van der Waals surface area contributed by atoms with Crippen molar-refractivity contribution < 1.29 is 0 Å². The van der Waals surface area contributed by atoms with E-state index >= 15 is 0 Å². The summed E-state index contributed by atoms with van der Waals surface area (Å²) in [5.74, 6) is 0.634. The Balaban J connectivity index is 2.32. The third-order valence-electron chi connectivity index (χ3n) is 3.93. The van der Waals surface area contributed by atoms with Crippen molar-refractivity contribution in [1.82, 2.24) is 0 Å². The molecule has 100 valence electrons. The Morgan fingerprint density at radius 3 is 2.26 bits per heavy atom. The summed E-state index contributed by atoms with van der Waals surface area (Å²) < 4.78 is 0. The Bertz CT molecular complexity index is 540. The number of aryl methyl sites for hydroxylation is 1. The van der Waals surface area contributed by atoms with Gasteiger partial charge in [-0.05, 0) is 47.1 Å². The topological polar surface area (TPSA) is 26.0 Å². The third-order valence-corrected chi connectivity index (χ3v) is 3.93. The van der Waals surface area contributed by atoms with Crippen LogP contribution in [0, 0.1) is 6.92 Å². The Morgan fingerprint density at radius 1 is 1.05 bits per heavy atom. The standard InChI is InChI=1S/C18H23N/c1-4-13(2)16-6-8-17(9-7-16)18-10-5-15(12-19)11-14(18)3/h5-11,13H,4,12,19H2,1-3H3. The molecule has 0 saturated heterocycles. The normalized spacial score (nSPS) is 12.4. The fourth-order valence-corrected chi connectivity index (χ4v) is 2.40. The lowest BCUT2D eigenvalue weighted by molar-refractivity contribution is 0.734. The van der Waals surface area contributed by atoms with Crippen molar-refractivity contribution in [2.45, 2.75) is 39.7 Å². The lowest BCUT2D eigenvalue weighted by atomic mass is 9.94. The summed E-state index contributed by atoms with van der Waals surface area (Å²) in [7, 11) is 0. The zero-order valence-corrected chi connectivity index (χ0v) is 12.1. The predicted molar refractivity (Wildman–Crippen MR) is 83.2 cm³/mol. The molecule has 0 aliphatic rings.